The van der Waals surface area contributed by atoms with Crippen molar-refractivity contribution in [3.8, 4) is 0 Å². The topological polar surface area (TPSA) is 0 Å². The summed E-state index contributed by atoms with van der Waals surface area (Å²) < 4.78 is 0. The molecule has 0 saturated heterocycles. The van der Waals surface area contributed by atoms with E-state index in [2.05, 4.69) is 34.6 Å². The molecule has 0 heteroatoms. The number of hydrogen-bond acceptors (Lipinski definition) is 0. The molecule has 1 aliphatic carbocycles. The van der Waals surface area contributed by atoms with Gasteiger partial charge in [-0.2, -0.15) is 0 Å². The van der Waals surface area contributed by atoms with Gasteiger partial charge < -0.3 is 0 Å². The van der Waals surface area contributed by atoms with Crippen LogP contribution in [-0.4, -0.2) is 0 Å². The standard InChI is InChI=1S/C21H42/c1-6-11-18(12-7-2)19-15-10-16-21(5,17-19)20(13-8-3)14-9-4/h18-20H,6-17H2,1-5H3. The molecule has 1 rings (SSSR count). The van der Waals surface area contributed by atoms with Gasteiger partial charge in [0.2, 0.25) is 0 Å². The van der Waals surface area contributed by atoms with Gasteiger partial charge in [0.25, 0.3) is 0 Å². The predicted molar refractivity (Wildman–Crippen MR) is 96.7 cm³/mol. The first-order valence-electron chi connectivity index (χ1n) is 10.1. The lowest BCUT2D eigenvalue weighted by Crippen LogP contribution is -2.36. The van der Waals surface area contributed by atoms with E-state index in [4.69, 9.17) is 0 Å². The smallest absolute Gasteiger partial charge is 0.0295 e. The van der Waals surface area contributed by atoms with E-state index in [0.29, 0.717) is 5.41 Å². The molecule has 21 heavy (non-hydrogen) atoms. The number of rotatable bonds is 10. The molecule has 0 nitrogen and oxygen atoms in total. The lowest BCUT2D eigenvalue weighted by molar-refractivity contribution is 0.0447. The zero-order valence-electron chi connectivity index (χ0n) is 15.7. The molecule has 0 aromatic carbocycles. The summed E-state index contributed by atoms with van der Waals surface area (Å²) in [7, 11) is 0. The van der Waals surface area contributed by atoms with Crippen molar-refractivity contribution < 1.29 is 0 Å². The Morgan fingerprint density at radius 3 is 1.86 bits per heavy atom. The Bertz CT molecular complexity index is 245. The third-order valence-electron chi connectivity index (χ3n) is 6.30. The molecule has 0 bridgehead atoms. The van der Waals surface area contributed by atoms with E-state index < -0.39 is 0 Å². The Morgan fingerprint density at radius 1 is 0.857 bits per heavy atom. The highest BCUT2D eigenvalue weighted by molar-refractivity contribution is 4.90. The highest BCUT2D eigenvalue weighted by Gasteiger charge is 2.39. The molecule has 126 valence electrons. The summed E-state index contributed by atoms with van der Waals surface area (Å²) in [6, 6.07) is 0. The zero-order valence-corrected chi connectivity index (χ0v) is 15.7. The van der Waals surface area contributed by atoms with Gasteiger partial charge in [0.15, 0.2) is 0 Å². The van der Waals surface area contributed by atoms with Gasteiger partial charge in [0, 0.05) is 0 Å². The number of hydrogen-bond donors (Lipinski definition) is 0. The van der Waals surface area contributed by atoms with Crippen molar-refractivity contribution >= 4 is 0 Å². The summed E-state index contributed by atoms with van der Waals surface area (Å²) in [5.74, 6) is 3.03. The predicted octanol–water partition coefficient (Wildman–Crippen LogP) is 7.62. The molecule has 1 fully saturated rings. The maximum absolute atomic E-state index is 2.64. The van der Waals surface area contributed by atoms with Gasteiger partial charge in [0.05, 0.1) is 0 Å². The van der Waals surface area contributed by atoms with Gasteiger partial charge in [-0.1, -0.05) is 98.8 Å². The SMILES string of the molecule is CCCC(CCC)C1CCCC(C)(C(CCC)CCC)C1. The first kappa shape index (κ1) is 19.0. The summed E-state index contributed by atoms with van der Waals surface area (Å²) in [5, 5.41) is 0. The van der Waals surface area contributed by atoms with Crippen molar-refractivity contribution in [1.82, 2.24) is 0 Å². The van der Waals surface area contributed by atoms with Gasteiger partial charge in [0.1, 0.15) is 0 Å². The molecule has 2 unspecified atom stereocenters. The molecule has 0 heterocycles. The largest absolute Gasteiger partial charge is 0.0654 e. The van der Waals surface area contributed by atoms with Crippen molar-refractivity contribution in [2.45, 2.75) is 112 Å². The van der Waals surface area contributed by atoms with Crippen LogP contribution in [0.4, 0.5) is 0 Å². The Morgan fingerprint density at radius 2 is 1.38 bits per heavy atom. The quantitative estimate of drug-likeness (QED) is 0.389. The summed E-state index contributed by atoms with van der Waals surface area (Å²) in [5.41, 5.74) is 0.647. The van der Waals surface area contributed by atoms with E-state index in [-0.39, 0.29) is 0 Å². The molecule has 1 aliphatic rings. The molecular formula is C21H42. The Labute approximate surface area is 135 Å². The van der Waals surface area contributed by atoms with E-state index in [9.17, 15) is 0 Å². The third-order valence-corrected chi connectivity index (χ3v) is 6.30. The van der Waals surface area contributed by atoms with Crippen LogP contribution in [0.5, 0.6) is 0 Å². The van der Waals surface area contributed by atoms with Crippen LogP contribution in [0.25, 0.3) is 0 Å². The summed E-state index contributed by atoms with van der Waals surface area (Å²) >= 11 is 0. The second-order valence-electron chi connectivity index (χ2n) is 8.12. The van der Waals surface area contributed by atoms with Crippen molar-refractivity contribution in [1.29, 1.82) is 0 Å². The lowest BCUT2D eigenvalue weighted by atomic mass is 9.59. The normalized spacial score (nSPS) is 26.7. The van der Waals surface area contributed by atoms with Crippen LogP contribution < -0.4 is 0 Å². The molecule has 0 aromatic heterocycles. The minimum absolute atomic E-state index is 0.647. The molecule has 0 radical (unpaired) electrons. The maximum Gasteiger partial charge on any atom is -0.0295 e. The van der Waals surface area contributed by atoms with E-state index >= 15 is 0 Å². The fourth-order valence-electron chi connectivity index (χ4n) is 5.24. The minimum Gasteiger partial charge on any atom is -0.0654 e. The van der Waals surface area contributed by atoms with Crippen molar-refractivity contribution in [2.75, 3.05) is 0 Å². The first-order chi connectivity index (χ1) is 10.1. The van der Waals surface area contributed by atoms with Gasteiger partial charge in [-0.15, -0.1) is 0 Å². The second-order valence-corrected chi connectivity index (χ2v) is 8.12. The summed E-state index contributed by atoms with van der Waals surface area (Å²) in [4.78, 5) is 0. The highest BCUT2D eigenvalue weighted by Crippen LogP contribution is 2.50. The monoisotopic (exact) mass is 294 g/mol. The average molecular weight is 295 g/mol. The summed E-state index contributed by atoms with van der Waals surface area (Å²) in [6.45, 7) is 12.2. The first-order valence-corrected chi connectivity index (χ1v) is 10.1. The van der Waals surface area contributed by atoms with Crippen LogP contribution in [0, 0.1) is 23.2 Å². The van der Waals surface area contributed by atoms with Crippen molar-refractivity contribution in [3.63, 3.8) is 0 Å². The fourth-order valence-corrected chi connectivity index (χ4v) is 5.24. The lowest BCUT2D eigenvalue weighted by Gasteiger charge is -2.46. The maximum atomic E-state index is 2.64. The molecule has 1 saturated carbocycles. The van der Waals surface area contributed by atoms with E-state index in [0.717, 1.165) is 17.8 Å². The van der Waals surface area contributed by atoms with Gasteiger partial charge in [-0.3, -0.25) is 0 Å². The van der Waals surface area contributed by atoms with Crippen LogP contribution in [0.1, 0.15) is 112 Å². The molecule has 2 atom stereocenters. The van der Waals surface area contributed by atoms with Crippen LogP contribution in [0.15, 0.2) is 0 Å². The van der Waals surface area contributed by atoms with Crippen molar-refractivity contribution in [2.24, 2.45) is 23.2 Å². The molecule has 0 spiro atoms. The zero-order chi connectivity index (χ0) is 15.7. The van der Waals surface area contributed by atoms with Gasteiger partial charge in [-0.05, 0) is 36.0 Å². The van der Waals surface area contributed by atoms with E-state index in [1.165, 1.54) is 77.0 Å². The van der Waals surface area contributed by atoms with E-state index in [1.54, 1.807) is 0 Å². The van der Waals surface area contributed by atoms with E-state index in [1.807, 2.05) is 0 Å². The van der Waals surface area contributed by atoms with Crippen LogP contribution in [-0.2, 0) is 0 Å². The Hall–Kier alpha value is 0. The van der Waals surface area contributed by atoms with Crippen LogP contribution >= 0.6 is 0 Å². The minimum atomic E-state index is 0.647. The Kier molecular flexibility index (Phi) is 8.98. The molecular weight excluding hydrogens is 252 g/mol. The third kappa shape index (κ3) is 5.61. The van der Waals surface area contributed by atoms with Gasteiger partial charge >= 0.3 is 0 Å². The Balaban J connectivity index is 2.74. The average Bonchev–Trinajstić information content (AvgIpc) is 2.47. The second kappa shape index (κ2) is 9.90. The molecule has 0 aliphatic heterocycles. The fraction of sp³-hybridized carbons (Fsp3) is 1.00. The molecule has 0 amide bonds. The molecule has 0 aromatic rings. The van der Waals surface area contributed by atoms with Crippen LogP contribution in [0.2, 0.25) is 0 Å². The summed E-state index contributed by atoms with van der Waals surface area (Å²) in [6.07, 6.45) is 17.4. The van der Waals surface area contributed by atoms with Gasteiger partial charge in [-0.25, -0.2) is 0 Å². The highest BCUT2D eigenvalue weighted by atomic mass is 14.4. The molecule has 0 N–H and O–H groups in total. The van der Waals surface area contributed by atoms with Crippen molar-refractivity contribution in [3.05, 3.63) is 0 Å². The van der Waals surface area contributed by atoms with Crippen LogP contribution in [0.3, 0.4) is 0 Å².